The van der Waals surface area contributed by atoms with Crippen LogP contribution in [0, 0.1) is 0 Å². The van der Waals surface area contributed by atoms with Crippen LogP contribution in [0.1, 0.15) is 12.5 Å². The average molecular weight is 253 g/mol. The highest BCUT2D eigenvalue weighted by atomic mass is 16.3. The third-order valence-electron chi connectivity index (χ3n) is 2.93. The summed E-state index contributed by atoms with van der Waals surface area (Å²) in [6.07, 6.45) is 3.66. The van der Waals surface area contributed by atoms with Crippen molar-refractivity contribution in [2.75, 3.05) is 6.54 Å². The first kappa shape index (κ1) is 11.9. The zero-order valence-electron chi connectivity index (χ0n) is 10.8. The maximum absolute atomic E-state index is 5.73. The van der Waals surface area contributed by atoms with Gasteiger partial charge in [-0.15, -0.1) is 0 Å². The number of benzene rings is 1. The van der Waals surface area contributed by atoms with Crippen molar-refractivity contribution in [1.82, 2.24) is 15.3 Å². The highest BCUT2D eigenvalue weighted by Gasteiger charge is 2.08. The molecule has 0 atom stereocenters. The molecule has 0 unspecified atom stereocenters. The molecule has 96 valence electrons. The van der Waals surface area contributed by atoms with Crippen LogP contribution in [0.2, 0.25) is 0 Å². The van der Waals surface area contributed by atoms with E-state index >= 15 is 0 Å². The first-order valence-electron chi connectivity index (χ1n) is 6.37. The van der Waals surface area contributed by atoms with Crippen molar-refractivity contribution in [2.24, 2.45) is 0 Å². The van der Waals surface area contributed by atoms with E-state index in [4.69, 9.17) is 4.42 Å². The van der Waals surface area contributed by atoms with Crippen molar-refractivity contribution in [1.29, 1.82) is 0 Å². The van der Waals surface area contributed by atoms with Crippen LogP contribution >= 0.6 is 0 Å². The van der Waals surface area contributed by atoms with E-state index in [1.54, 1.807) is 0 Å². The van der Waals surface area contributed by atoms with Crippen molar-refractivity contribution in [2.45, 2.75) is 13.5 Å². The molecule has 0 saturated carbocycles. The summed E-state index contributed by atoms with van der Waals surface area (Å²) in [6.45, 7) is 3.80. The molecule has 4 heteroatoms. The minimum absolute atomic E-state index is 0.622. The van der Waals surface area contributed by atoms with E-state index in [1.807, 2.05) is 42.7 Å². The number of nitrogens with one attached hydrogen (secondary N) is 1. The molecule has 0 bridgehead atoms. The molecule has 0 radical (unpaired) electrons. The van der Waals surface area contributed by atoms with Crippen molar-refractivity contribution in [3.8, 4) is 11.6 Å². The number of para-hydroxylation sites is 1. The van der Waals surface area contributed by atoms with Crippen LogP contribution in [-0.2, 0) is 6.54 Å². The molecule has 4 nitrogen and oxygen atoms in total. The Morgan fingerprint density at radius 1 is 1.16 bits per heavy atom. The zero-order valence-corrected chi connectivity index (χ0v) is 10.8. The second-order valence-corrected chi connectivity index (χ2v) is 4.34. The molecule has 1 aromatic carbocycles. The summed E-state index contributed by atoms with van der Waals surface area (Å²) >= 11 is 0. The highest BCUT2D eigenvalue weighted by molar-refractivity contribution is 5.81. The Balaban J connectivity index is 1.88. The van der Waals surface area contributed by atoms with Crippen molar-refractivity contribution in [3.05, 3.63) is 48.3 Å². The smallest absolute Gasteiger partial charge is 0.195 e. The maximum Gasteiger partial charge on any atom is 0.195 e. The van der Waals surface area contributed by atoms with E-state index in [1.165, 1.54) is 0 Å². The van der Waals surface area contributed by atoms with Crippen molar-refractivity contribution in [3.63, 3.8) is 0 Å². The number of hydrogen-bond donors (Lipinski definition) is 1. The lowest BCUT2D eigenvalue weighted by Crippen LogP contribution is -2.12. The number of aromatic nitrogens is 2. The molecule has 2 aromatic heterocycles. The topological polar surface area (TPSA) is 51.0 Å². The predicted octanol–water partition coefficient (Wildman–Crippen LogP) is 3.00. The van der Waals surface area contributed by atoms with Gasteiger partial charge in [-0.25, -0.2) is 9.97 Å². The number of rotatable bonds is 4. The first-order chi connectivity index (χ1) is 9.36. The molecule has 19 heavy (non-hydrogen) atoms. The standard InChI is InChI=1S/C15H15N3O/c1-2-16-8-11-9-17-15(18-10-11)14-7-12-5-3-4-6-13(12)19-14/h3-7,9-10,16H,2,8H2,1H3. The van der Waals surface area contributed by atoms with Gasteiger partial charge in [-0.3, -0.25) is 0 Å². The zero-order chi connectivity index (χ0) is 13.1. The van der Waals surface area contributed by atoms with Gasteiger partial charge in [0.25, 0.3) is 0 Å². The SMILES string of the molecule is CCNCc1cnc(-c2cc3ccccc3o2)nc1. The van der Waals surface area contributed by atoms with E-state index in [2.05, 4.69) is 22.2 Å². The third-order valence-corrected chi connectivity index (χ3v) is 2.93. The summed E-state index contributed by atoms with van der Waals surface area (Å²) in [5, 5.41) is 4.31. The van der Waals surface area contributed by atoms with Crippen LogP contribution in [0.3, 0.4) is 0 Å². The van der Waals surface area contributed by atoms with Gasteiger partial charge < -0.3 is 9.73 Å². The fraction of sp³-hybridized carbons (Fsp3) is 0.200. The van der Waals surface area contributed by atoms with Gasteiger partial charge in [0.05, 0.1) is 0 Å². The minimum Gasteiger partial charge on any atom is -0.453 e. The van der Waals surface area contributed by atoms with Crippen LogP contribution in [0.15, 0.2) is 47.1 Å². The Hall–Kier alpha value is -2.20. The molecule has 0 aliphatic heterocycles. The largest absolute Gasteiger partial charge is 0.453 e. The van der Waals surface area contributed by atoms with E-state index in [0.29, 0.717) is 11.6 Å². The lowest BCUT2D eigenvalue weighted by Gasteiger charge is -2.01. The Kier molecular flexibility index (Phi) is 3.25. The normalized spacial score (nSPS) is 11.0. The summed E-state index contributed by atoms with van der Waals surface area (Å²) in [4.78, 5) is 8.70. The van der Waals surface area contributed by atoms with E-state index in [9.17, 15) is 0 Å². The fourth-order valence-electron chi connectivity index (χ4n) is 1.93. The lowest BCUT2D eigenvalue weighted by molar-refractivity contribution is 0.624. The Labute approximate surface area is 111 Å². The van der Waals surface area contributed by atoms with Gasteiger partial charge in [0.15, 0.2) is 11.6 Å². The van der Waals surface area contributed by atoms with Crippen LogP contribution in [-0.4, -0.2) is 16.5 Å². The third kappa shape index (κ3) is 2.48. The summed E-state index contributed by atoms with van der Waals surface area (Å²) in [5.41, 5.74) is 1.93. The number of fused-ring (bicyclic) bond motifs is 1. The Morgan fingerprint density at radius 2 is 1.95 bits per heavy atom. The predicted molar refractivity (Wildman–Crippen MR) is 74.6 cm³/mol. The lowest BCUT2D eigenvalue weighted by atomic mass is 10.2. The second-order valence-electron chi connectivity index (χ2n) is 4.34. The van der Waals surface area contributed by atoms with Crippen molar-refractivity contribution < 1.29 is 4.42 Å². The quantitative estimate of drug-likeness (QED) is 0.776. The van der Waals surface area contributed by atoms with Gasteiger partial charge in [0, 0.05) is 29.9 Å². The van der Waals surface area contributed by atoms with Crippen LogP contribution in [0.5, 0.6) is 0 Å². The summed E-state index contributed by atoms with van der Waals surface area (Å²) in [6, 6.07) is 9.87. The van der Waals surface area contributed by atoms with Crippen LogP contribution in [0.4, 0.5) is 0 Å². The highest BCUT2D eigenvalue weighted by Crippen LogP contribution is 2.24. The number of nitrogens with zero attached hydrogens (tertiary/aromatic N) is 2. The van der Waals surface area contributed by atoms with Gasteiger partial charge in [0.2, 0.25) is 0 Å². The number of furan rings is 1. The summed E-state index contributed by atoms with van der Waals surface area (Å²) in [5.74, 6) is 1.33. The van der Waals surface area contributed by atoms with Gasteiger partial charge >= 0.3 is 0 Å². The molecule has 0 aliphatic carbocycles. The van der Waals surface area contributed by atoms with E-state index in [-0.39, 0.29) is 0 Å². The maximum atomic E-state index is 5.73. The monoisotopic (exact) mass is 253 g/mol. The van der Waals surface area contributed by atoms with E-state index < -0.39 is 0 Å². The Morgan fingerprint density at radius 3 is 2.68 bits per heavy atom. The number of hydrogen-bond acceptors (Lipinski definition) is 4. The van der Waals surface area contributed by atoms with Crippen LogP contribution < -0.4 is 5.32 Å². The van der Waals surface area contributed by atoms with Crippen LogP contribution in [0.25, 0.3) is 22.6 Å². The molecular weight excluding hydrogens is 238 g/mol. The summed E-state index contributed by atoms with van der Waals surface area (Å²) in [7, 11) is 0. The molecule has 3 rings (SSSR count). The van der Waals surface area contributed by atoms with Crippen molar-refractivity contribution >= 4 is 11.0 Å². The molecule has 0 fully saturated rings. The molecule has 2 heterocycles. The molecule has 0 saturated heterocycles. The van der Waals surface area contributed by atoms with Gasteiger partial charge in [0.1, 0.15) is 5.58 Å². The van der Waals surface area contributed by atoms with E-state index in [0.717, 1.165) is 29.6 Å². The molecule has 1 N–H and O–H groups in total. The molecular formula is C15H15N3O. The molecule has 0 aliphatic rings. The molecule has 0 spiro atoms. The van der Waals surface area contributed by atoms with Gasteiger partial charge in [-0.05, 0) is 18.7 Å². The fourth-order valence-corrected chi connectivity index (χ4v) is 1.93. The molecule has 3 aromatic rings. The average Bonchev–Trinajstić information content (AvgIpc) is 2.89. The summed E-state index contributed by atoms with van der Waals surface area (Å²) < 4.78 is 5.73. The van der Waals surface area contributed by atoms with Gasteiger partial charge in [-0.1, -0.05) is 25.1 Å². The second kappa shape index (κ2) is 5.20. The van der Waals surface area contributed by atoms with Gasteiger partial charge in [-0.2, -0.15) is 0 Å². The minimum atomic E-state index is 0.622. The first-order valence-corrected chi connectivity index (χ1v) is 6.37. The Bertz CT molecular complexity index is 640. The molecule has 0 amide bonds.